The normalized spacial score (nSPS) is 14.6. The van der Waals surface area contributed by atoms with Gasteiger partial charge in [0.05, 0.1) is 6.54 Å². The quantitative estimate of drug-likeness (QED) is 0.754. The summed E-state index contributed by atoms with van der Waals surface area (Å²) in [6.07, 6.45) is 0.987. The van der Waals surface area contributed by atoms with Crippen molar-refractivity contribution in [3.05, 3.63) is 59.9 Å². The zero-order chi connectivity index (χ0) is 19.9. The summed E-state index contributed by atoms with van der Waals surface area (Å²) in [5.74, 6) is -0.419. The van der Waals surface area contributed by atoms with Gasteiger partial charge in [0, 0.05) is 37.6 Å². The maximum absolute atomic E-state index is 12.9. The van der Waals surface area contributed by atoms with Gasteiger partial charge in [-0.15, -0.1) is 0 Å². The van der Waals surface area contributed by atoms with Crippen LogP contribution in [0.1, 0.15) is 12.5 Å². The van der Waals surface area contributed by atoms with Gasteiger partial charge < -0.3 is 15.5 Å². The third-order valence-corrected chi connectivity index (χ3v) is 5.10. The number of aryl methyl sites for hydroxylation is 1. The van der Waals surface area contributed by atoms with Crippen molar-refractivity contribution in [2.45, 2.75) is 13.3 Å². The highest BCUT2D eigenvalue weighted by Crippen LogP contribution is 2.13. The minimum Gasteiger partial charge on any atom is -0.346 e. The van der Waals surface area contributed by atoms with Gasteiger partial charge in [0.15, 0.2) is 5.11 Å². The van der Waals surface area contributed by atoms with Gasteiger partial charge in [-0.05, 0) is 60.6 Å². The Morgan fingerprint density at radius 2 is 1.75 bits per heavy atom. The van der Waals surface area contributed by atoms with E-state index in [9.17, 15) is 9.18 Å². The van der Waals surface area contributed by atoms with Crippen LogP contribution in [0.15, 0.2) is 48.5 Å². The van der Waals surface area contributed by atoms with Gasteiger partial charge in [0.25, 0.3) is 0 Å². The molecule has 0 unspecified atom stereocenters. The van der Waals surface area contributed by atoms with Crippen molar-refractivity contribution in [3.63, 3.8) is 0 Å². The Kier molecular flexibility index (Phi) is 6.95. The van der Waals surface area contributed by atoms with Gasteiger partial charge in [-0.3, -0.25) is 9.69 Å². The number of thiocarbonyl (C=S) groups is 1. The first kappa shape index (κ1) is 20.2. The molecule has 2 aromatic carbocycles. The maximum Gasteiger partial charge on any atom is 0.238 e. The second-order valence-electron chi connectivity index (χ2n) is 6.80. The van der Waals surface area contributed by atoms with Crippen molar-refractivity contribution >= 4 is 34.6 Å². The summed E-state index contributed by atoms with van der Waals surface area (Å²) in [6.45, 7) is 5.49. The molecule has 1 aliphatic rings. The minimum absolute atomic E-state index is 0.0999. The molecule has 1 saturated heterocycles. The molecule has 1 aliphatic heterocycles. The molecule has 3 rings (SSSR count). The van der Waals surface area contributed by atoms with Crippen LogP contribution in [0.25, 0.3) is 0 Å². The highest BCUT2D eigenvalue weighted by Gasteiger charge is 2.20. The predicted molar refractivity (Wildman–Crippen MR) is 115 cm³/mol. The highest BCUT2D eigenvalue weighted by atomic mass is 32.1. The minimum atomic E-state index is -0.319. The average molecular weight is 401 g/mol. The SMILES string of the molecule is CCc1cccc(NC(=S)N2CCN(CC(=O)Nc3ccc(F)cc3)CC2)c1. The summed E-state index contributed by atoms with van der Waals surface area (Å²) in [5, 5.41) is 6.81. The number of anilines is 2. The van der Waals surface area contributed by atoms with Crippen molar-refractivity contribution in [3.8, 4) is 0 Å². The van der Waals surface area contributed by atoms with Gasteiger partial charge in [-0.2, -0.15) is 0 Å². The number of piperazine rings is 1. The number of benzene rings is 2. The highest BCUT2D eigenvalue weighted by molar-refractivity contribution is 7.80. The molecule has 0 aliphatic carbocycles. The number of halogens is 1. The Bertz CT molecular complexity index is 819. The molecule has 0 saturated carbocycles. The largest absolute Gasteiger partial charge is 0.346 e. The second kappa shape index (κ2) is 9.61. The fourth-order valence-electron chi connectivity index (χ4n) is 3.12. The Balaban J connectivity index is 1.43. The maximum atomic E-state index is 12.9. The van der Waals surface area contributed by atoms with E-state index in [0.717, 1.165) is 38.3 Å². The van der Waals surface area contributed by atoms with Gasteiger partial charge >= 0.3 is 0 Å². The lowest BCUT2D eigenvalue weighted by molar-refractivity contribution is -0.117. The molecule has 148 valence electrons. The van der Waals surface area contributed by atoms with E-state index in [0.29, 0.717) is 17.3 Å². The van der Waals surface area contributed by atoms with Crippen LogP contribution in [-0.4, -0.2) is 53.5 Å². The number of nitrogens with one attached hydrogen (secondary N) is 2. The van der Waals surface area contributed by atoms with Gasteiger partial charge in [0.1, 0.15) is 5.82 Å². The zero-order valence-corrected chi connectivity index (χ0v) is 16.8. The Morgan fingerprint density at radius 1 is 1.04 bits per heavy atom. The number of rotatable bonds is 5. The number of amides is 1. The van der Waals surface area contributed by atoms with Crippen molar-refractivity contribution in [2.24, 2.45) is 0 Å². The van der Waals surface area contributed by atoms with Gasteiger partial charge in [-0.25, -0.2) is 4.39 Å². The van der Waals surface area contributed by atoms with Crippen LogP contribution < -0.4 is 10.6 Å². The summed E-state index contributed by atoms with van der Waals surface area (Å²) in [5.41, 5.74) is 2.87. The van der Waals surface area contributed by atoms with Crippen molar-refractivity contribution in [1.29, 1.82) is 0 Å². The molecule has 0 aromatic heterocycles. The Morgan fingerprint density at radius 3 is 2.43 bits per heavy atom. The molecule has 0 bridgehead atoms. The fourth-order valence-corrected chi connectivity index (χ4v) is 3.42. The van der Waals surface area contributed by atoms with E-state index in [1.807, 2.05) is 12.1 Å². The van der Waals surface area contributed by atoms with Crippen molar-refractivity contribution in [2.75, 3.05) is 43.4 Å². The number of carbonyl (C=O) groups excluding carboxylic acids is 1. The van der Waals surface area contributed by atoms with Crippen LogP contribution in [-0.2, 0) is 11.2 Å². The van der Waals surface area contributed by atoms with Crippen LogP contribution in [0.3, 0.4) is 0 Å². The van der Waals surface area contributed by atoms with E-state index in [-0.39, 0.29) is 11.7 Å². The van der Waals surface area contributed by atoms with Crippen LogP contribution in [0.4, 0.5) is 15.8 Å². The fraction of sp³-hybridized carbons (Fsp3) is 0.333. The standard InChI is InChI=1S/C21H25FN4OS/c1-2-16-4-3-5-19(14-16)24-21(28)26-12-10-25(11-13-26)15-20(27)23-18-8-6-17(22)7-9-18/h3-9,14H,2,10-13,15H2,1H3,(H,23,27)(H,24,28). The molecular formula is C21H25FN4OS. The van der Waals surface area contributed by atoms with Crippen LogP contribution in [0.5, 0.6) is 0 Å². The first-order chi connectivity index (χ1) is 13.5. The number of hydrogen-bond acceptors (Lipinski definition) is 3. The van der Waals surface area contributed by atoms with Crippen molar-refractivity contribution in [1.82, 2.24) is 9.80 Å². The molecule has 2 aromatic rings. The van der Waals surface area contributed by atoms with Crippen LogP contribution >= 0.6 is 12.2 Å². The van der Waals surface area contributed by atoms with E-state index < -0.39 is 0 Å². The third-order valence-electron chi connectivity index (χ3n) is 4.74. The Hall–Kier alpha value is -2.51. The summed E-state index contributed by atoms with van der Waals surface area (Å²) < 4.78 is 12.9. The van der Waals surface area contributed by atoms with Gasteiger partial charge in [-0.1, -0.05) is 19.1 Å². The Labute approximate surface area is 170 Å². The number of nitrogens with zero attached hydrogens (tertiary/aromatic N) is 2. The molecule has 0 atom stereocenters. The lowest BCUT2D eigenvalue weighted by Crippen LogP contribution is -2.51. The first-order valence-corrected chi connectivity index (χ1v) is 9.87. The summed E-state index contributed by atoms with van der Waals surface area (Å²) in [6, 6.07) is 14.0. The summed E-state index contributed by atoms with van der Waals surface area (Å²) >= 11 is 5.55. The van der Waals surface area contributed by atoms with E-state index in [1.165, 1.54) is 17.7 Å². The zero-order valence-electron chi connectivity index (χ0n) is 16.0. The smallest absolute Gasteiger partial charge is 0.238 e. The molecule has 0 radical (unpaired) electrons. The average Bonchev–Trinajstić information content (AvgIpc) is 2.70. The predicted octanol–water partition coefficient (Wildman–Crippen LogP) is 3.34. The first-order valence-electron chi connectivity index (χ1n) is 9.46. The van der Waals surface area contributed by atoms with E-state index in [2.05, 4.69) is 39.5 Å². The second-order valence-corrected chi connectivity index (χ2v) is 7.19. The molecular weight excluding hydrogens is 375 g/mol. The summed E-state index contributed by atoms with van der Waals surface area (Å²) in [4.78, 5) is 16.4. The van der Waals surface area contributed by atoms with Crippen LogP contribution in [0.2, 0.25) is 0 Å². The molecule has 7 heteroatoms. The van der Waals surface area contributed by atoms with E-state index >= 15 is 0 Å². The van der Waals surface area contributed by atoms with E-state index in [4.69, 9.17) is 12.2 Å². The monoisotopic (exact) mass is 400 g/mol. The molecule has 2 N–H and O–H groups in total. The molecule has 1 amide bonds. The molecule has 0 spiro atoms. The van der Waals surface area contributed by atoms with Crippen molar-refractivity contribution < 1.29 is 9.18 Å². The lowest BCUT2D eigenvalue weighted by Gasteiger charge is -2.35. The lowest BCUT2D eigenvalue weighted by atomic mass is 10.1. The number of hydrogen-bond donors (Lipinski definition) is 2. The van der Waals surface area contributed by atoms with Gasteiger partial charge in [0.2, 0.25) is 5.91 Å². The molecule has 5 nitrogen and oxygen atoms in total. The molecule has 28 heavy (non-hydrogen) atoms. The summed E-state index contributed by atoms with van der Waals surface area (Å²) in [7, 11) is 0. The molecule has 1 fully saturated rings. The number of carbonyl (C=O) groups is 1. The molecule has 1 heterocycles. The van der Waals surface area contributed by atoms with Crippen LogP contribution in [0, 0.1) is 5.82 Å². The van der Waals surface area contributed by atoms with E-state index in [1.54, 1.807) is 12.1 Å². The topological polar surface area (TPSA) is 47.6 Å². The third kappa shape index (κ3) is 5.74.